The summed E-state index contributed by atoms with van der Waals surface area (Å²) in [5.74, 6) is 1.36. The molecule has 0 fully saturated rings. The Kier molecular flexibility index (Phi) is 5.21. The predicted octanol–water partition coefficient (Wildman–Crippen LogP) is 4.57. The quantitative estimate of drug-likeness (QED) is 0.512. The molecule has 0 amide bonds. The molecule has 4 rings (SSSR count). The summed E-state index contributed by atoms with van der Waals surface area (Å²) in [4.78, 5) is 13.6. The molecule has 6 heteroatoms. The minimum Gasteiger partial charge on any atom is -0.382 e. The number of aromatic nitrogens is 4. The average molecular weight is 375 g/mol. The van der Waals surface area contributed by atoms with Gasteiger partial charge in [-0.15, -0.1) is 0 Å². The number of hydrogen-bond donors (Lipinski definition) is 1. The van der Waals surface area contributed by atoms with Gasteiger partial charge in [-0.1, -0.05) is 25.5 Å². The predicted molar refractivity (Wildman–Crippen MR) is 113 cm³/mol. The first kappa shape index (κ1) is 18.4. The Balaban J connectivity index is 1.98. The maximum absolute atomic E-state index is 6.27. The van der Waals surface area contributed by atoms with E-state index >= 15 is 0 Å². The summed E-state index contributed by atoms with van der Waals surface area (Å²) in [6.45, 7) is 6.18. The lowest BCUT2D eigenvalue weighted by molar-refractivity contribution is 0.126. The smallest absolute Gasteiger partial charge is 0.152 e. The number of imidazole rings is 1. The van der Waals surface area contributed by atoms with Crippen LogP contribution in [0.2, 0.25) is 0 Å². The van der Waals surface area contributed by atoms with Crippen LogP contribution in [-0.2, 0) is 17.9 Å². The van der Waals surface area contributed by atoms with Crippen molar-refractivity contribution in [1.29, 1.82) is 0 Å². The van der Waals surface area contributed by atoms with E-state index in [4.69, 9.17) is 15.5 Å². The third kappa shape index (κ3) is 3.31. The van der Waals surface area contributed by atoms with E-state index < -0.39 is 0 Å². The van der Waals surface area contributed by atoms with Gasteiger partial charge in [-0.3, -0.25) is 4.98 Å². The van der Waals surface area contributed by atoms with Gasteiger partial charge in [0.15, 0.2) is 5.82 Å². The van der Waals surface area contributed by atoms with Gasteiger partial charge in [0.1, 0.15) is 17.9 Å². The Bertz CT molecular complexity index is 1100. The number of nitrogen functional groups attached to an aromatic ring is 1. The van der Waals surface area contributed by atoms with Crippen molar-refractivity contribution in [2.45, 2.75) is 39.8 Å². The Morgan fingerprint density at radius 2 is 2.00 bits per heavy atom. The first-order valence-corrected chi connectivity index (χ1v) is 9.79. The van der Waals surface area contributed by atoms with Crippen molar-refractivity contribution in [3.8, 4) is 11.1 Å². The molecule has 0 radical (unpaired) electrons. The summed E-state index contributed by atoms with van der Waals surface area (Å²) < 4.78 is 7.91. The van der Waals surface area contributed by atoms with Gasteiger partial charge in [0.25, 0.3) is 0 Å². The summed E-state index contributed by atoms with van der Waals surface area (Å²) in [6.07, 6.45) is 5.83. The number of pyridine rings is 2. The molecule has 6 nitrogen and oxygen atoms in total. The molecule has 3 heterocycles. The van der Waals surface area contributed by atoms with Crippen LogP contribution in [0.25, 0.3) is 33.1 Å². The number of ether oxygens (including phenoxy) is 1. The number of nitrogens with two attached hydrogens (primary N) is 1. The van der Waals surface area contributed by atoms with Crippen LogP contribution in [0.15, 0.2) is 42.7 Å². The third-order valence-electron chi connectivity index (χ3n) is 4.95. The third-order valence-corrected chi connectivity index (χ3v) is 4.95. The summed E-state index contributed by atoms with van der Waals surface area (Å²) in [5.41, 5.74) is 11.1. The highest BCUT2D eigenvalue weighted by atomic mass is 16.5. The molecule has 0 aliphatic carbocycles. The number of fused-ring (bicyclic) bond motifs is 3. The van der Waals surface area contributed by atoms with Crippen molar-refractivity contribution in [2.24, 2.45) is 0 Å². The topological polar surface area (TPSA) is 78.9 Å². The number of anilines is 1. The number of aryl methyl sites for hydroxylation is 1. The van der Waals surface area contributed by atoms with Crippen LogP contribution in [-0.4, -0.2) is 26.1 Å². The average Bonchev–Trinajstić information content (AvgIpc) is 3.10. The summed E-state index contributed by atoms with van der Waals surface area (Å²) >= 11 is 0. The monoisotopic (exact) mass is 375 g/mol. The van der Waals surface area contributed by atoms with E-state index in [2.05, 4.69) is 39.7 Å². The van der Waals surface area contributed by atoms with Gasteiger partial charge in [0, 0.05) is 36.5 Å². The summed E-state index contributed by atoms with van der Waals surface area (Å²) in [7, 11) is 0. The maximum Gasteiger partial charge on any atom is 0.152 e. The number of hydrogen-bond acceptors (Lipinski definition) is 5. The molecule has 0 spiro atoms. The number of nitrogens with zero attached hydrogens (tertiary/aromatic N) is 4. The minimum absolute atomic E-state index is 0.463. The van der Waals surface area contributed by atoms with Crippen molar-refractivity contribution in [3.05, 3.63) is 48.5 Å². The summed E-state index contributed by atoms with van der Waals surface area (Å²) in [5, 5.41) is 1.05. The van der Waals surface area contributed by atoms with Gasteiger partial charge in [-0.25, -0.2) is 9.97 Å². The van der Waals surface area contributed by atoms with Crippen LogP contribution in [0.1, 0.15) is 32.5 Å². The Morgan fingerprint density at radius 3 is 2.75 bits per heavy atom. The van der Waals surface area contributed by atoms with Crippen LogP contribution < -0.4 is 5.73 Å². The van der Waals surface area contributed by atoms with Crippen molar-refractivity contribution < 1.29 is 4.74 Å². The second-order valence-electron chi connectivity index (χ2n) is 6.84. The van der Waals surface area contributed by atoms with Crippen LogP contribution in [0.4, 0.5) is 5.82 Å². The van der Waals surface area contributed by atoms with E-state index in [0.29, 0.717) is 19.0 Å². The first-order valence-electron chi connectivity index (χ1n) is 9.79. The first-order chi connectivity index (χ1) is 13.7. The second-order valence-corrected chi connectivity index (χ2v) is 6.84. The van der Waals surface area contributed by atoms with E-state index in [1.807, 2.05) is 25.3 Å². The molecule has 0 bridgehead atoms. The van der Waals surface area contributed by atoms with Gasteiger partial charge in [-0.2, -0.15) is 0 Å². The summed E-state index contributed by atoms with van der Waals surface area (Å²) in [6, 6.07) is 10.3. The molecule has 1 aromatic carbocycles. The molecular formula is C22H25N5O. The van der Waals surface area contributed by atoms with Crippen LogP contribution in [0, 0.1) is 0 Å². The van der Waals surface area contributed by atoms with Crippen molar-refractivity contribution >= 4 is 27.8 Å². The van der Waals surface area contributed by atoms with Crippen LogP contribution >= 0.6 is 0 Å². The molecule has 0 atom stereocenters. The molecule has 0 saturated carbocycles. The zero-order chi connectivity index (χ0) is 19.5. The molecule has 28 heavy (non-hydrogen) atoms. The zero-order valence-electron chi connectivity index (χ0n) is 16.4. The highest BCUT2D eigenvalue weighted by Crippen LogP contribution is 2.32. The lowest BCUT2D eigenvalue weighted by atomic mass is 10.0. The SMILES string of the molecule is CCCCn1c(COCC)nc2c(N)nc3ccc(-c4cccnc4)cc3c21. The van der Waals surface area contributed by atoms with Gasteiger partial charge in [-0.05, 0) is 37.1 Å². The Labute approximate surface area is 164 Å². The lowest BCUT2D eigenvalue weighted by Gasteiger charge is -2.11. The molecular weight excluding hydrogens is 350 g/mol. The molecule has 4 aromatic rings. The number of rotatable bonds is 7. The highest BCUT2D eigenvalue weighted by molar-refractivity contribution is 6.07. The van der Waals surface area contributed by atoms with E-state index in [0.717, 1.165) is 58.3 Å². The maximum atomic E-state index is 6.27. The van der Waals surface area contributed by atoms with Gasteiger partial charge >= 0.3 is 0 Å². The normalized spacial score (nSPS) is 11.5. The van der Waals surface area contributed by atoms with Crippen molar-refractivity contribution in [1.82, 2.24) is 19.5 Å². The molecule has 0 saturated heterocycles. The second kappa shape index (κ2) is 7.94. The molecule has 0 unspecified atom stereocenters. The van der Waals surface area contributed by atoms with Gasteiger partial charge in [0.2, 0.25) is 0 Å². The molecule has 0 aliphatic rings. The number of unbranched alkanes of at least 4 members (excludes halogenated alkanes) is 1. The standard InChI is InChI=1S/C22H25N5O/c1-3-5-11-27-19(14-28-4-2)26-20-21(27)17-12-15(16-7-6-10-24-13-16)8-9-18(17)25-22(20)23/h6-10,12-13H,3-5,11,14H2,1-2H3,(H2,23,25). The van der Waals surface area contributed by atoms with Gasteiger partial charge < -0.3 is 15.0 Å². The van der Waals surface area contributed by atoms with Gasteiger partial charge in [0.05, 0.1) is 11.0 Å². The molecule has 2 N–H and O–H groups in total. The van der Waals surface area contributed by atoms with Crippen LogP contribution in [0.3, 0.4) is 0 Å². The molecule has 3 aromatic heterocycles. The fourth-order valence-corrected chi connectivity index (χ4v) is 3.53. The van der Waals surface area contributed by atoms with E-state index in [1.54, 1.807) is 6.20 Å². The Morgan fingerprint density at radius 1 is 1.11 bits per heavy atom. The minimum atomic E-state index is 0.463. The van der Waals surface area contributed by atoms with E-state index in [9.17, 15) is 0 Å². The lowest BCUT2D eigenvalue weighted by Crippen LogP contribution is -2.06. The zero-order valence-corrected chi connectivity index (χ0v) is 16.4. The molecule has 144 valence electrons. The van der Waals surface area contributed by atoms with E-state index in [1.165, 1.54) is 0 Å². The largest absolute Gasteiger partial charge is 0.382 e. The van der Waals surface area contributed by atoms with E-state index in [-0.39, 0.29) is 0 Å². The fourth-order valence-electron chi connectivity index (χ4n) is 3.53. The fraction of sp³-hybridized carbons (Fsp3) is 0.318. The number of benzene rings is 1. The Hall–Kier alpha value is -2.99. The van der Waals surface area contributed by atoms with Crippen LogP contribution in [0.5, 0.6) is 0 Å². The van der Waals surface area contributed by atoms with Crippen molar-refractivity contribution in [2.75, 3.05) is 12.3 Å². The highest BCUT2D eigenvalue weighted by Gasteiger charge is 2.17. The molecule has 0 aliphatic heterocycles. The van der Waals surface area contributed by atoms with Crippen molar-refractivity contribution in [3.63, 3.8) is 0 Å².